The molecule has 0 aliphatic carbocycles. The third kappa shape index (κ3) is 3.71. The van der Waals surface area contributed by atoms with E-state index in [1.807, 2.05) is 37.3 Å². The Hall–Kier alpha value is -2.47. The number of amides is 1. The number of carbonyl (C=O) groups excluding carboxylic acids is 1. The van der Waals surface area contributed by atoms with Crippen LogP contribution in [0, 0.1) is 6.92 Å². The molecular formula is C18H18N2O3S. The molecule has 6 heteroatoms. The number of hydrogen-bond donors (Lipinski definition) is 1. The first kappa shape index (κ1) is 16.4. The van der Waals surface area contributed by atoms with Crippen LogP contribution < -0.4 is 10.1 Å². The number of hydrogen-bond acceptors (Lipinski definition) is 5. The number of fused-ring (bicyclic) bond motifs is 1. The average Bonchev–Trinajstić information content (AvgIpc) is 3.11. The molecule has 5 nitrogen and oxygen atoms in total. The van der Waals surface area contributed by atoms with Crippen LogP contribution in [0.25, 0.3) is 10.9 Å². The lowest BCUT2D eigenvalue weighted by Crippen LogP contribution is -2.24. The van der Waals surface area contributed by atoms with E-state index in [4.69, 9.17) is 9.15 Å². The smallest absolute Gasteiger partial charge is 0.230 e. The molecule has 2 aromatic heterocycles. The summed E-state index contributed by atoms with van der Waals surface area (Å²) in [6.07, 6.45) is 1.59. The molecule has 0 spiro atoms. The molecule has 3 rings (SSSR count). The summed E-state index contributed by atoms with van der Waals surface area (Å²) >= 11 is 1.40. The highest BCUT2D eigenvalue weighted by atomic mass is 32.2. The fraction of sp³-hybridized carbons (Fsp3) is 0.222. The highest BCUT2D eigenvalue weighted by Crippen LogP contribution is 2.29. The fourth-order valence-electron chi connectivity index (χ4n) is 2.39. The summed E-state index contributed by atoms with van der Waals surface area (Å²) in [6.45, 7) is 2.43. The summed E-state index contributed by atoms with van der Waals surface area (Å²) in [6, 6.07) is 11.5. The van der Waals surface area contributed by atoms with E-state index in [-0.39, 0.29) is 5.91 Å². The molecule has 124 valence electrons. The van der Waals surface area contributed by atoms with E-state index in [2.05, 4.69) is 10.3 Å². The zero-order chi connectivity index (χ0) is 16.9. The van der Waals surface area contributed by atoms with E-state index in [1.54, 1.807) is 19.4 Å². The summed E-state index contributed by atoms with van der Waals surface area (Å²) in [5.41, 5.74) is 1.93. The molecule has 0 saturated heterocycles. The Labute approximate surface area is 144 Å². The summed E-state index contributed by atoms with van der Waals surface area (Å²) < 4.78 is 10.6. The molecule has 0 aliphatic rings. The molecule has 2 heterocycles. The number of para-hydroxylation sites is 1. The Morgan fingerprint density at radius 3 is 2.96 bits per heavy atom. The lowest BCUT2D eigenvalue weighted by Gasteiger charge is -2.09. The van der Waals surface area contributed by atoms with E-state index in [1.165, 1.54) is 11.8 Å². The van der Waals surface area contributed by atoms with E-state index < -0.39 is 0 Å². The molecule has 0 bridgehead atoms. The highest BCUT2D eigenvalue weighted by Gasteiger charge is 2.10. The number of thioether (sulfide) groups is 1. The normalized spacial score (nSPS) is 10.8. The van der Waals surface area contributed by atoms with Gasteiger partial charge in [0.1, 0.15) is 17.0 Å². The Balaban J connectivity index is 1.67. The molecule has 1 aromatic carbocycles. The number of nitrogens with zero attached hydrogens (tertiary/aromatic N) is 1. The maximum atomic E-state index is 12.0. The zero-order valence-electron chi connectivity index (χ0n) is 13.5. The van der Waals surface area contributed by atoms with Crippen LogP contribution in [0.2, 0.25) is 0 Å². The standard InChI is InChI=1S/C18H18N2O3S/c1-12-9-17(20-18-14(12)6-3-7-15(18)22-2)24-11-16(21)19-10-13-5-4-8-23-13/h3-9H,10-11H2,1-2H3,(H,19,21). The highest BCUT2D eigenvalue weighted by molar-refractivity contribution is 7.99. The zero-order valence-corrected chi connectivity index (χ0v) is 14.4. The van der Waals surface area contributed by atoms with Gasteiger partial charge in [0, 0.05) is 5.39 Å². The quantitative estimate of drug-likeness (QED) is 0.694. The SMILES string of the molecule is COc1cccc2c(C)cc(SCC(=O)NCc3ccco3)nc12. The first-order valence-corrected chi connectivity index (χ1v) is 8.52. The number of rotatable bonds is 6. The van der Waals surface area contributed by atoms with E-state index in [9.17, 15) is 4.79 Å². The molecule has 1 N–H and O–H groups in total. The van der Waals surface area contributed by atoms with Crippen molar-refractivity contribution < 1.29 is 13.9 Å². The molecule has 0 aliphatic heterocycles. The summed E-state index contributed by atoms with van der Waals surface area (Å²) in [4.78, 5) is 16.6. The third-order valence-electron chi connectivity index (χ3n) is 3.60. The Morgan fingerprint density at radius 1 is 1.33 bits per heavy atom. The first-order chi connectivity index (χ1) is 11.7. The van der Waals surface area contributed by atoms with Crippen molar-refractivity contribution in [3.63, 3.8) is 0 Å². The van der Waals surface area contributed by atoms with Gasteiger partial charge in [-0.1, -0.05) is 23.9 Å². The topological polar surface area (TPSA) is 64.4 Å². The molecule has 0 radical (unpaired) electrons. The predicted octanol–water partition coefficient (Wildman–Crippen LogP) is 3.55. The number of pyridine rings is 1. The Morgan fingerprint density at radius 2 is 2.21 bits per heavy atom. The van der Waals surface area contributed by atoms with Crippen molar-refractivity contribution in [2.75, 3.05) is 12.9 Å². The van der Waals surface area contributed by atoms with Crippen molar-refractivity contribution in [3.05, 3.63) is 54.0 Å². The molecule has 0 fully saturated rings. The number of benzene rings is 1. The maximum absolute atomic E-state index is 12.0. The molecular weight excluding hydrogens is 324 g/mol. The average molecular weight is 342 g/mol. The van der Waals surface area contributed by atoms with Gasteiger partial charge in [-0.15, -0.1) is 0 Å². The van der Waals surface area contributed by atoms with Crippen molar-refractivity contribution in [1.82, 2.24) is 10.3 Å². The molecule has 24 heavy (non-hydrogen) atoms. The minimum atomic E-state index is -0.0593. The van der Waals surface area contributed by atoms with Crippen molar-refractivity contribution in [2.24, 2.45) is 0 Å². The number of aromatic nitrogens is 1. The van der Waals surface area contributed by atoms with Gasteiger partial charge in [-0.25, -0.2) is 4.98 Å². The maximum Gasteiger partial charge on any atom is 0.230 e. The number of carbonyl (C=O) groups is 1. The number of aryl methyl sites for hydroxylation is 1. The first-order valence-electron chi connectivity index (χ1n) is 7.53. The van der Waals surface area contributed by atoms with Crippen LogP contribution in [0.5, 0.6) is 5.75 Å². The van der Waals surface area contributed by atoms with Crippen LogP contribution in [-0.2, 0) is 11.3 Å². The number of ether oxygens (including phenoxy) is 1. The second-order valence-electron chi connectivity index (χ2n) is 5.28. The molecule has 0 atom stereocenters. The summed E-state index contributed by atoms with van der Waals surface area (Å²) in [5, 5.41) is 4.68. The lowest BCUT2D eigenvalue weighted by molar-refractivity contribution is -0.118. The molecule has 0 unspecified atom stereocenters. The minimum absolute atomic E-state index is 0.0593. The van der Waals surface area contributed by atoms with Gasteiger partial charge in [0.2, 0.25) is 5.91 Å². The molecule has 1 amide bonds. The second-order valence-corrected chi connectivity index (χ2v) is 6.27. The predicted molar refractivity (Wildman–Crippen MR) is 94.3 cm³/mol. The molecule has 0 saturated carbocycles. The van der Waals surface area contributed by atoms with E-state index in [0.29, 0.717) is 12.3 Å². The van der Waals surface area contributed by atoms with Crippen molar-refractivity contribution in [1.29, 1.82) is 0 Å². The number of nitrogens with one attached hydrogen (secondary N) is 1. The monoisotopic (exact) mass is 342 g/mol. The van der Waals surface area contributed by atoms with Gasteiger partial charge in [-0.2, -0.15) is 0 Å². The van der Waals surface area contributed by atoms with Gasteiger partial charge >= 0.3 is 0 Å². The molecule has 3 aromatic rings. The Bertz CT molecular complexity index is 847. The van der Waals surface area contributed by atoms with Crippen LogP contribution in [0.15, 0.2) is 52.1 Å². The van der Waals surface area contributed by atoms with Crippen molar-refractivity contribution in [2.45, 2.75) is 18.5 Å². The van der Waals surface area contributed by atoms with Crippen LogP contribution >= 0.6 is 11.8 Å². The van der Waals surface area contributed by atoms with Crippen LogP contribution in [0.1, 0.15) is 11.3 Å². The summed E-state index contributed by atoms with van der Waals surface area (Å²) in [5.74, 6) is 1.71. The third-order valence-corrected chi connectivity index (χ3v) is 4.51. The number of methoxy groups -OCH3 is 1. The second kappa shape index (κ2) is 7.40. The van der Waals surface area contributed by atoms with Crippen LogP contribution in [0.4, 0.5) is 0 Å². The van der Waals surface area contributed by atoms with Crippen molar-refractivity contribution >= 4 is 28.6 Å². The van der Waals surface area contributed by atoms with Gasteiger partial charge in [0.05, 0.1) is 30.7 Å². The van der Waals surface area contributed by atoms with Gasteiger partial charge in [-0.3, -0.25) is 4.79 Å². The number of furan rings is 1. The van der Waals surface area contributed by atoms with E-state index in [0.717, 1.165) is 33.0 Å². The lowest BCUT2D eigenvalue weighted by atomic mass is 10.1. The fourth-order valence-corrected chi connectivity index (χ4v) is 3.19. The van der Waals surface area contributed by atoms with Crippen LogP contribution in [0.3, 0.4) is 0 Å². The minimum Gasteiger partial charge on any atom is -0.494 e. The van der Waals surface area contributed by atoms with Gasteiger partial charge in [-0.05, 0) is 36.8 Å². The van der Waals surface area contributed by atoms with Gasteiger partial charge in [0.25, 0.3) is 0 Å². The van der Waals surface area contributed by atoms with Crippen molar-refractivity contribution in [3.8, 4) is 5.75 Å². The largest absolute Gasteiger partial charge is 0.494 e. The van der Waals surface area contributed by atoms with Gasteiger partial charge < -0.3 is 14.5 Å². The Kier molecular flexibility index (Phi) is 5.05. The van der Waals surface area contributed by atoms with Gasteiger partial charge in [0.15, 0.2) is 0 Å². The summed E-state index contributed by atoms with van der Waals surface area (Å²) in [7, 11) is 1.63. The van der Waals surface area contributed by atoms with E-state index >= 15 is 0 Å². The van der Waals surface area contributed by atoms with Crippen LogP contribution in [-0.4, -0.2) is 23.8 Å².